The lowest BCUT2D eigenvalue weighted by molar-refractivity contribution is -0.0435. The van der Waals surface area contributed by atoms with Crippen molar-refractivity contribution in [3.8, 4) is 16.9 Å². The van der Waals surface area contributed by atoms with Gasteiger partial charge in [-0.05, 0) is 55.1 Å². The van der Waals surface area contributed by atoms with Gasteiger partial charge in [0.25, 0.3) is 0 Å². The number of nitrogens with zero attached hydrogens (tertiary/aromatic N) is 3. The summed E-state index contributed by atoms with van der Waals surface area (Å²) in [6, 6.07) is 19.2. The highest BCUT2D eigenvalue weighted by Gasteiger charge is 2.55. The van der Waals surface area contributed by atoms with Crippen LogP contribution in [0.1, 0.15) is 27.2 Å². The van der Waals surface area contributed by atoms with Crippen molar-refractivity contribution in [1.29, 1.82) is 0 Å². The minimum atomic E-state index is -0.526. The molecule has 0 aromatic heterocycles. The minimum absolute atomic E-state index is 0.0295. The number of benzene rings is 3. The largest absolute Gasteiger partial charge is 0.464 e. The van der Waals surface area contributed by atoms with Crippen molar-refractivity contribution in [2.45, 2.75) is 32.9 Å². The first-order chi connectivity index (χ1) is 15.9. The minimum Gasteiger partial charge on any atom is -0.464 e. The van der Waals surface area contributed by atoms with Gasteiger partial charge in [-0.3, -0.25) is 9.89 Å². The lowest BCUT2D eigenvalue weighted by atomic mass is 9.81. The molecule has 1 unspecified atom stereocenters. The Morgan fingerprint density at radius 2 is 1.82 bits per heavy atom. The van der Waals surface area contributed by atoms with E-state index in [1.54, 1.807) is 0 Å². The Morgan fingerprint density at radius 1 is 1.09 bits per heavy atom. The van der Waals surface area contributed by atoms with Gasteiger partial charge in [-0.15, -0.1) is 0 Å². The normalized spacial score (nSPS) is 21.4. The molecular weight excluding hydrogens is 410 g/mol. The van der Waals surface area contributed by atoms with Gasteiger partial charge in [-0.2, -0.15) is 0 Å². The zero-order chi connectivity index (χ0) is 23.2. The molecule has 0 amide bonds. The molecule has 5 nitrogen and oxygen atoms in total. The topological polar surface area (TPSA) is 48.3 Å². The summed E-state index contributed by atoms with van der Waals surface area (Å²) in [7, 11) is 2.13. The second-order valence-electron chi connectivity index (χ2n) is 9.78. The summed E-state index contributed by atoms with van der Waals surface area (Å²) in [5.74, 6) is 0.871. The fourth-order valence-corrected chi connectivity index (χ4v) is 5.36. The number of aliphatic hydroxyl groups is 1. The first-order valence-electron chi connectivity index (χ1n) is 11.9. The second-order valence-corrected chi connectivity index (χ2v) is 9.78. The lowest BCUT2D eigenvalue weighted by Crippen LogP contribution is -2.57. The zero-order valence-corrected chi connectivity index (χ0v) is 20.0. The van der Waals surface area contributed by atoms with Crippen LogP contribution >= 0.6 is 0 Å². The molecule has 1 spiro atoms. The van der Waals surface area contributed by atoms with Crippen LogP contribution in [-0.4, -0.2) is 55.2 Å². The third kappa shape index (κ3) is 3.42. The predicted molar refractivity (Wildman–Crippen MR) is 137 cm³/mol. The SMILES string of the molecule is CCN(CCO)c1ccc(-c2cc3c(c4ccccc24)OC2(C=N3)N(C)CCC2(C)C)cc1. The number of ether oxygens (including phenoxy) is 1. The highest BCUT2D eigenvalue weighted by Crippen LogP contribution is 2.52. The van der Waals surface area contributed by atoms with Gasteiger partial charge in [-0.1, -0.05) is 50.2 Å². The lowest BCUT2D eigenvalue weighted by Gasteiger charge is -2.44. The third-order valence-electron chi connectivity index (χ3n) is 7.52. The highest BCUT2D eigenvalue weighted by atomic mass is 16.5. The van der Waals surface area contributed by atoms with Gasteiger partial charge >= 0.3 is 0 Å². The number of likely N-dealkylation sites (N-methyl/N-ethyl adjacent to an activating group) is 1. The maximum Gasteiger partial charge on any atom is 0.204 e. The number of hydrogen-bond donors (Lipinski definition) is 1. The predicted octanol–water partition coefficient (Wildman–Crippen LogP) is 5.48. The summed E-state index contributed by atoms with van der Waals surface area (Å²) < 4.78 is 6.85. The van der Waals surface area contributed by atoms with E-state index in [4.69, 9.17) is 9.73 Å². The van der Waals surface area contributed by atoms with E-state index >= 15 is 0 Å². The summed E-state index contributed by atoms with van der Waals surface area (Å²) in [4.78, 5) is 9.42. The molecule has 0 bridgehead atoms. The molecule has 2 heterocycles. The third-order valence-corrected chi connectivity index (χ3v) is 7.52. The molecular formula is C28H33N3O2. The average molecular weight is 444 g/mol. The number of aliphatic hydroxyl groups excluding tert-OH is 1. The number of likely N-dealkylation sites (tertiary alicyclic amines) is 1. The highest BCUT2D eigenvalue weighted by molar-refractivity contribution is 6.05. The number of hydrogen-bond acceptors (Lipinski definition) is 5. The maximum absolute atomic E-state index is 9.35. The zero-order valence-electron chi connectivity index (χ0n) is 20.0. The molecule has 0 radical (unpaired) electrons. The van der Waals surface area contributed by atoms with E-state index in [2.05, 4.69) is 92.2 Å². The van der Waals surface area contributed by atoms with Crippen molar-refractivity contribution < 1.29 is 9.84 Å². The van der Waals surface area contributed by atoms with Crippen LogP contribution in [0.5, 0.6) is 5.75 Å². The number of fused-ring (bicyclic) bond motifs is 3. The van der Waals surface area contributed by atoms with Gasteiger partial charge in [0, 0.05) is 36.1 Å². The van der Waals surface area contributed by atoms with Crippen LogP contribution in [-0.2, 0) is 0 Å². The number of anilines is 1. The molecule has 2 aliphatic rings. The molecule has 5 heteroatoms. The Labute approximate surface area is 196 Å². The standard InChI is InChI=1S/C28H33N3O2/c1-5-31(16-17-32)21-12-10-20(11-13-21)24-18-25-26(23-9-7-6-8-22(23)24)33-28(19-29-25)27(2,3)14-15-30(28)4/h6-13,18-19,32H,5,14-17H2,1-4H3. The van der Waals surface area contributed by atoms with E-state index in [1.807, 2.05) is 6.21 Å². The van der Waals surface area contributed by atoms with Crippen LogP contribution in [0.4, 0.5) is 11.4 Å². The molecule has 1 fully saturated rings. The van der Waals surface area contributed by atoms with Crippen molar-refractivity contribution in [3.05, 3.63) is 54.6 Å². The van der Waals surface area contributed by atoms with E-state index in [0.717, 1.165) is 58.5 Å². The van der Waals surface area contributed by atoms with Gasteiger partial charge in [-0.25, -0.2) is 0 Å². The summed E-state index contributed by atoms with van der Waals surface area (Å²) in [5.41, 5.74) is 3.74. The van der Waals surface area contributed by atoms with Crippen LogP contribution in [0.2, 0.25) is 0 Å². The molecule has 0 aliphatic carbocycles. The van der Waals surface area contributed by atoms with E-state index in [9.17, 15) is 5.11 Å². The second kappa shape index (κ2) is 8.15. The van der Waals surface area contributed by atoms with Crippen molar-refractivity contribution in [3.63, 3.8) is 0 Å². The van der Waals surface area contributed by atoms with Crippen LogP contribution in [0, 0.1) is 5.41 Å². The van der Waals surface area contributed by atoms with E-state index in [1.165, 1.54) is 0 Å². The van der Waals surface area contributed by atoms with E-state index < -0.39 is 5.72 Å². The molecule has 1 atom stereocenters. The quantitative estimate of drug-likeness (QED) is 0.567. The van der Waals surface area contributed by atoms with Gasteiger partial charge in [0.15, 0.2) is 5.75 Å². The molecule has 3 aromatic carbocycles. The molecule has 3 aromatic rings. The Balaban J connectivity index is 1.61. The van der Waals surface area contributed by atoms with Crippen LogP contribution in [0.25, 0.3) is 21.9 Å². The first-order valence-corrected chi connectivity index (χ1v) is 11.9. The molecule has 172 valence electrons. The molecule has 5 rings (SSSR count). The van der Waals surface area contributed by atoms with Crippen LogP contribution in [0.3, 0.4) is 0 Å². The first kappa shape index (κ1) is 21.9. The maximum atomic E-state index is 9.35. The van der Waals surface area contributed by atoms with Gasteiger partial charge < -0.3 is 14.7 Å². The van der Waals surface area contributed by atoms with E-state index in [-0.39, 0.29) is 12.0 Å². The fraction of sp³-hybridized carbons (Fsp3) is 0.393. The van der Waals surface area contributed by atoms with Crippen LogP contribution in [0.15, 0.2) is 59.6 Å². The number of rotatable bonds is 5. The molecule has 1 N–H and O–H groups in total. The Bertz CT molecular complexity index is 1200. The molecule has 1 saturated heterocycles. The monoisotopic (exact) mass is 443 g/mol. The van der Waals surface area contributed by atoms with Gasteiger partial charge in [0.05, 0.1) is 12.8 Å². The summed E-state index contributed by atoms with van der Waals surface area (Å²) in [5, 5.41) is 11.6. The molecule has 33 heavy (non-hydrogen) atoms. The Hall–Kier alpha value is -2.89. The van der Waals surface area contributed by atoms with Gasteiger partial charge in [0.2, 0.25) is 5.72 Å². The van der Waals surface area contributed by atoms with Crippen molar-refractivity contribution in [1.82, 2.24) is 4.90 Å². The van der Waals surface area contributed by atoms with Crippen molar-refractivity contribution in [2.75, 3.05) is 38.2 Å². The Kier molecular flexibility index (Phi) is 5.42. The van der Waals surface area contributed by atoms with Crippen molar-refractivity contribution >= 4 is 28.4 Å². The Morgan fingerprint density at radius 3 is 2.45 bits per heavy atom. The van der Waals surface area contributed by atoms with Crippen molar-refractivity contribution in [2.24, 2.45) is 10.4 Å². The fourth-order valence-electron chi connectivity index (χ4n) is 5.36. The molecule has 0 saturated carbocycles. The van der Waals surface area contributed by atoms with Gasteiger partial charge in [0.1, 0.15) is 5.69 Å². The molecule has 2 aliphatic heterocycles. The van der Waals surface area contributed by atoms with E-state index in [0.29, 0.717) is 6.54 Å². The summed E-state index contributed by atoms with van der Waals surface area (Å²) in [6.07, 6.45) is 3.08. The number of aliphatic imine (C=N–C) groups is 1. The summed E-state index contributed by atoms with van der Waals surface area (Å²) >= 11 is 0. The summed E-state index contributed by atoms with van der Waals surface area (Å²) in [6.45, 7) is 9.27. The smallest absolute Gasteiger partial charge is 0.204 e. The van der Waals surface area contributed by atoms with Crippen LogP contribution < -0.4 is 9.64 Å². The average Bonchev–Trinajstić information content (AvgIpc) is 3.05.